The summed E-state index contributed by atoms with van der Waals surface area (Å²) >= 11 is 0. The first-order valence-corrected chi connectivity index (χ1v) is 9.73. The zero-order valence-corrected chi connectivity index (χ0v) is 17.1. The number of phenols is 4. The fraction of sp³-hybridized carbons (Fsp3) is 0.227. The Balaban J connectivity index is 1.78. The molecule has 0 spiro atoms. The molecule has 0 aliphatic heterocycles. The summed E-state index contributed by atoms with van der Waals surface area (Å²) in [5.41, 5.74) is 8.77. The number of hydrogen-bond acceptors (Lipinski definition) is 8. The summed E-state index contributed by atoms with van der Waals surface area (Å²) in [6.07, 6.45) is 3.46. The van der Waals surface area contributed by atoms with Crippen LogP contribution in [0, 0.1) is 13.8 Å². The SMILES string of the molecule is Cc1c(O)ccc(C(CCn2cnc3c(N)ncnc32)c2ccc(O)c(C)c2O)c1O. The predicted molar refractivity (Wildman–Crippen MR) is 115 cm³/mol. The number of nitrogen functional groups attached to an aromatic ring is 1. The second-order valence-electron chi connectivity index (χ2n) is 7.51. The lowest BCUT2D eigenvalue weighted by Gasteiger charge is -2.22. The lowest BCUT2D eigenvalue weighted by Crippen LogP contribution is -2.08. The van der Waals surface area contributed by atoms with Crippen LogP contribution < -0.4 is 5.73 Å². The first kappa shape index (κ1) is 20.3. The quantitative estimate of drug-likeness (QED) is 0.330. The van der Waals surface area contributed by atoms with E-state index in [1.54, 1.807) is 32.3 Å². The van der Waals surface area contributed by atoms with Gasteiger partial charge in [0.25, 0.3) is 0 Å². The molecule has 9 heteroatoms. The van der Waals surface area contributed by atoms with E-state index in [1.165, 1.54) is 18.5 Å². The van der Waals surface area contributed by atoms with E-state index < -0.39 is 5.92 Å². The molecular weight excluding hydrogens is 398 g/mol. The van der Waals surface area contributed by atoms with Gasteiger partial charge in [-0.15, -0.1) is 0 Å². The van der Waals surface area contributed by atoms with Crippen molar-refractivity contribution >= 4 is 17.0 Å². The molecule has 4 rings (SSSR count). The van der Waals surface area contributed by atoms with Crippen molar-refractivity contribution in [2.45, 2.75) is 32.7 Å². The van der Waals surface area contributed by atoms with Crippen LogP contribution in [0.4, 0.5) is 5.82 Å². The van der Waals surface area contributed by atoms with Gasteiger partial charge >= 0.3 is 0 Å². The minimum absolute atomic E-state index is 0.0149. The van der Waals surface area contributed by atoms with E-state index in [4.69, 9.17) is 5.73 Å². The molecule has 31 heavy (non-hydrogen) atoms. The minimum atomic E-state index is -0.435. The Labute approximate surface area is 178 Å². The molecule has 0 saturated carbocycles. The van der Waals surface area contributed by atoms with Gasteiger partial charge in [0, 0.05) is 34.7 Å². The Hall–Kier alpha value is -4.01. The smallest absolute Gasteiger partial charge is 0.165 e. The number of benzene rings is 2. The van der Waals surface area contributed by atoms with E-state index in [0.29, 0.717) is 52.2 Å². The monoisotopic (exact) mass is 421 g/mol. The number of fused-ring (bicyclic) bond motifs is 1. The molecule has 9 nitrogen and oxygen atoms in total. The molecule has 0 bridgehead atoms. The van der Waals surface area contributed by atoms with Crippen LogP contribution in [-0.2, 0) is 6.54 Å². The van der Waals surface area contributed by atoms with Gasteiger partial charge in [-0.25, -0.2) is 15.0 Å². The average Bonchev–Trinajstić information content (AvgIpc) is 3.17. The van der Waals surface area contributed by atoms with Gasteiger partial charge in [0.2, 0.25) is 0 Å². The molecule has 6 N–H and O–H groups in total. The van der Waals surface area contributed by atoms with Crippen LogP contribution in [0.2, 0.25) is 0 Å². The van der Waals surface area contributed by atoms with Crippen molar-refractivity contribution in [3.05, 3.63) is 59.2 Å². The second kappa shape index (κ2) is 7.67. The fourth-order valence-electron chi connectivity index (χ4n) is 3.79. The third-order valence-electron chi connectivity index (χ3n) is 5.71. The summed E-state index contributed by atoms with van der Waals surface area (Å²) in [6, 6.07) is 6.30. The summed E-state index contributed by atoms with van der Waals surface area (Å²) in [7, 11) is 0. The number of aryl methyl sites for hydroxylation is 1. The van der Waals surface area contributed by atoms with Gasteiger partial charge in [-0.2, -0.15) is 0 Å². The molecule has 0 amide bonds. The van der Waals surface area contributed by atoms with Gasteiger partial charge in [0.15, 0.2) is 11.5 Å². The Kier molecular flexibility index (Phi) is 5.02. The standard InChI is InChI=1S/C22H23N5O4/c1-11-16(28)5-3-14(19(11)30)13(15-4-6-17(29)12(2)20(15)31)7-8-27-10-26-18-21(23)24-9-25-22(18)27/h3-6,9-10,13,28-31H,7-8H2,1-2H3,(H2,23,24,25). The van der Waals surface area contributed by atoms with E-state index in [1.807, 2.05) is 4.57 Å². The van der Waals surface area contributed by atoms with Crippen LogP contribution in [0.1, 0.15) is 34.6 Å². The fourth-order valence-corrected chi connectivity index (χ4v) is 3.79. The molecule has 2 aromatic heterocycles. The number of nitrogens with two attached hydrogens (primary N) is 1. The highest BCUT2D eigenvalue weighted by Crippen LogP contribution is 2.43. The topological polar surface area (TPSA) is 151 Å². The highest BCUT2D eigenvalue weighted by Gasteiger charge is 2.24. The van der Waals surface area contributed by atoms with E-state index in [2.05, 4.69) is 15.0 Å². The van der Waals surface area contributed by atoms with Gasteiger partial charge < -0.3 is 30.7 Å². The number of imidazole rings is 1. The van der Waals surface area contributed by atoms with E-state index in [9.17, 15) is 20.4 Å². The summed E-state index contributed by atoms with van der Waals surface area (Å²) < 4.78 is 1.83. The maximum absolute atomic E-state index is 10.7. The summed E-state index contributed by atoms with van der Waals surface area (Å²) in [5, 5.41) is 41.4. The summed E-state index contributed by atoms with van der Waals surface area (Å²) in [6.45, 7) is 3.70. The van der Waals surface area contributed by atoms with Crippen LogP contribution in [0.25, 0.3) is 11.2 Å². The molecule has 0 aliphatic carbocycles. The maximum atomic E-state index is 10.7. The van der Waals surface area contributed by atoms with Gasteiger partial charge in [0.1, 0.15) is 34.8 Å². The zero-order valence-electron chi connectivity index (χ0n) is 17.1. The van der Waals surface area contributed by atoms with Crippen molar-refractivity contribution in [3.63, 3.8) is 0 Å². The molecule has 0 unspecified atom stereocenters. The average molecular weight is 421 g/mol. The number of rotatable bonds is 5. The number of anilines is 1. The number of aromatic nitrogens is 4. The first-order valence-electron chi connectivity index (χ1n) is 9.73. The molecular formula is C22H23N5O4. The van der Waals surface area contributed by atoms with E-state index >= 15 is 0 Å². The maximum Gasteiger partial charge on any atom is 0.165 e. The summed E-state index contributed by atoms with van der Waals surface area (Å²) in [4.78, 5) is 12.5. The Morgan fingerprint density at radius 3 is 2.03 bits per heavy atom. The van der Waals surface area contributed by atoms with Crippen LogP contribution in [0.15, 0.2) is 36.9 Å². The molecule has 4 aromatic rings. The predicted octanol–water partition coefficient (Wildman–Crippen LogP) is 3.07. The van der Waals surface area contributed by atoms with Crippen LogP contribution in [0.3, 0.4) is 0 Å². The first-order chi connectivity index (χ1) is 14.8. The van der Waals surface area contributed by atoms with Gasteiger partial charge in [-0.3, -0.25) is 0 Å². The molecule has 0 atom stereocenters. The molecule has 0 fully saturated rings. The van der Waals surface area contributed by atoms with E-state index in [0.717, 1.165) is 0 Å². The number of aromatic hydroxyl groups is 4. The van der Waals surface area contributed by atoms with Crippen molar-refractivity contribution in [3.8, 4) is 23.0 Å². The minimum Gasteiger partial charge on any atom is -0.508 e. The van der Waals surface area contributed by atoms with Crippen LogP contribution >= 0.6 is 0 Å². The van der Waals surface area contributed by atoms with Crippen LogP contribution in [-0.4, -0.2) is 39.9 Å². The van der Waals surface area contributed by atoms with Gasteiger partial charge in [0.05, 0.1) is 6.33 Å². The third kappa shape index (κ3) is 3.43. The largest absolute Gasteiger partial charge is 0.508 e. The van der Waals surface area contributed by atoms with Gasteiger partial charge in [-0.05, 0) is 32.4 Å². The second-order valence-corrected chi connectivity index (χ2v) is 7.51. The van der Waals surface area contributed by atoms with Gasteiger partial charge in [-0.1, -0.05) is 12.1 Å². The molecule has 160 valence electrons. The number of phenolic OH excluding ortho intramolecular Hbond substituents is 4. The normalized spacial score (nSPS) is 11.5. The third-order valence-corrected chi connectivity index (χ3v) is 5.71. The Morgan fingerprint density at radius 2 is 1.45 bits per heavy atom. The van der Waals surface area contributed by atoms with Crippen LogP contribution in [0.5, 0.6) is 23.0 Å². The Bertz CT molecular complexity index is 1230. The molecule has 0 saturated heterocycles. The summed E-state index contributed by atoms with van der Waals surface area (Å²) in [5.74, 6) is -0.263. The van der Waals surface area contributed by atoms with Crippen molar-refractivity contribution in [1.82, 2.24) is 19.5 Å². The number of nitrogens with zero attached hydrogens (tertiary/aromatic N) is 4. The Morgan fingerprint density at radius 1 is 0.871 bits per heavy atom. The lowest BCUT2D eigenvalue weighted by molar-refractivity contribution is 0.425. The van der Waals surface area contributed by atoms with E-state index in [-0.39, 0.29) is 23.0 Å². The zero-order chi connectivity index (χ0) is 22.3. The highest BCUT2D eigenvalue weighted by atomic mass is 16.3. The molecule has 0 aliphatic rings. The van der Waals surface area contributed by atoms with Crippen molar-refractivity contribution in [2.24, 2.45) is 0 Å². The van der Waals surface area contributed by atoms with Crippen molar-refractivity contribution < 1.29 is 20.4 Å². The highest BCUT2D eigenvalue weighted by molar-refractivity contribution is 5.81. The molecule has 0 radical (unpaired) electrons. The lowest BCUT2D eigenvalue weighted by atomic mass is 9.85. The molecule has 2 heterocycles. The number of hydrogen-bond donors (Lipinski definition) is 5. The van der Waals surface area contributed by atoms with Crippen molar-refractivity contribution in [2.75, 3.05) is 5.73 Å². The van der Waals surface area contributed by atoms with Crippen molar-refractivity contribution in [1.29, 1.82) is 0 Å². The molecule has 2 aromatic carbocycles.